The summed E-state index contributed by atoms with van der Waals surface area (Å²) >= 11 is 0. The molecule has 1 nitrogen and oxygen atoms in total. The van der Waals surface area contributed by atoms with Crippen molar-refractivity contribution in [2.45, 2.75) is 90.1 Å². The van der Waals surface area contributed by atoms with Gasteiger partial charge in [-0.3, -0.25) is 0 Å². The van der Waals surface area contributed by atoms with Crippen LogP contribution in [0.2, 0.25) is 0 Å². The van der Waals surface area contributed by atoms with Crippen molar-refractivity contribution in [1.82, 2.24) is 0 Å². The minimum Gasteiger partial charge on any atom is -0.435 e. The predicted octanol–water partition coefficient (Wildman–Crippen LogP) is 9.36. The Morgan fingerprint density at radius 2 is 1.64 bits per heavy atom. The van der Waals surface area contributed by atoms with E-state index in [0.717, 1.165) is 29.7 Å². The fraction of sp³-hybridized carbons (Fsp3) is 0.586. The lowest BCUT2D eigenvalue weighted by Crippen LogP contribution is -2.30. The monoisotopic (exact) mass is 458 g/mol. The number of unbranched alkanes of at least 4 members (excludes halogenated alkanes) is 3. The number of benzene rings is 2. The van der Waals surface area contributed by atoms with Gasteiger partial charge in [-0.25, -0.2) is 4.39 Å². The average Bonchev–Trinajstić information content (AvgIpc) is 2.82. The number of fused-ring (bicyclic) bond motifs is 1. The van der Waals surface area contributed by atoms with Gasteiger partial charge in [0, 0.05) is 5.56 Å². The van der Waals surface area contributed by atoms with Crippen molar-refractivity contribution >= 4 is 0 Å². The summed E-state index contributed by atoms with van der Waals surface area (Å²) in [6, 6.07) is 11.8. The van der Waals surface area contributed by atoms with Gasteiger partial charge >= 0.3 is 6.61 Å². The van der Waals surface area contributed by atoms with Crippen LogP contribution in [0, 0.1) is 23.6 Å². The van der Waals surface area contributed by atoms with Crippen molar-refractivity contribution < 1.29 is 17.9 Å². The minimum absolute atomic E-state index is 0.0817. The first kappa shape index (κ1) is 24.2. The third-order valence-corrected chi connectivity index (χ3v) is 8.04. The first-order valence-electron chi connectivity index (χ1n) is 12.9. The molecule has 4 atom stereocenters. The van der Waals surface area contributed by atoms with Crippen molar-refractivity contribution in [3.8, 4) is 16.9 Å². The van der Waals surface area contributed by atoms with Crippen LogP contribution in [-0.2, 0) is 0 Å². The Balaban J connectivity index is 1.34. The summed E-state index contributed by atoms with van der Waals surface area (Å²) < 4.78 is 44.1. The third-order valence-electron chi connectivity index (χ3n) is 8.04. The molecule has 0 spiro atoms. The van der Waals surface area contributed by atoms with E-state index in [9.17, 15) is 8.78 Å². The second-order valence-corrected chi connectivity index (χ2v) is 10.2. The van der Waals surface area contributed by atoms with Gasteiger partial charge < -0.3 is 4.74 Å². The quantitative estimate of drug-likeness (QED) is 0.340. The fourth-order valence-corrected chi connectivity index (χ4v) is 6.25. The van der Waals surface area contributed by atoms with Crippen molar-refractivity contribution in [3.63, 3.8) is 0 Å². The Hall–Kier alpha value is -1.97. The summed E-state index contributed by atoms with van der Waals surface area (Å²) in [6.45, 7) is -0.586. The number of rotatable bonds is 9. The third kappa shape index (κ3) is 6.33. The average molecular weight is 459 g/mol. The van der Waals surface area contributed by atoms with Crippen LogP contribution in [0.3, 0.4) is 0 Å². The van der Waals surface area contributed by atoms with E-state index in [0.29, 0.717) is 17.0 Å². The largest absolute Gasteiger partial charge is 0.435 e. The van der Waals surface area contributed by atoms with Gasteiger partial charge in [-0.05, 0) is 85.1 Å². The number of hydrogen-bond donors (Lipinski definition) is 0. The standard InChI is InChI=1S/C29H37F3O/c1-2-3-4-5-6-20-7-8-23-18-24(10-9-22(23)17-20)25-13-16-27(28(30)19-25)21-11-14-26(15-12-21)33-29(31)32/h11-16,19-20,22-24,29H,2-10,17-18H2,1H3/t20?,22-,23-,24-/m1/s1. The smallest absolute Gasteiger partial charge is 0.387 e. The van der Waals surface area contributed by atoms with Gasteiger partial charge in [-0.1, -0.05) is 69.7 Å². The van der Waals surface area contributed by atoms with Crippen LogP contribution >= 0.6 is 0 Å². The first-order valence-corrected chi connectivity index (χ1v) is 12.9. The molecule has 0 radical (unpaired) electrons. The lowest BCUT2D eigenvalue weighted by atomic mass is 9.63. The van der Waals surface area contributed by atoms with Gasteiger partial charge in [0.1, 0.15) is 11.6 Å². The van der Waals surface area contributed by atoms with Crippen LogP contribution in [-0.4, -0.2) is 6.61 Å². The lowest BCUT2D eigenvalue weighted by Gasteiger charge is -2.42. The molecule has 4 heteroatoms. The highest BCUT2D eigenvalue weighted by atomic mass is 19.3. The molecule has 0 N–H and O–H groups in total. The summed E-state index contributed by atoms with van der Waals surface area (Å²) in [4.78, 5) is 0. The molecule has 2 fully saturated rings. The number of ether oxygens (including phenoxy) is 1. The van der Waals surface area contributed by atoms with Crippen LogP contribution in [0.15, 0.2) is 42.5 Å². The van der Waals surface area contributed by atoms with E-state index < -0.39 is 6.61 Å². The Bertz CT molecular complexity index is 879. The second kappa shape index (κ2) is 11.4. The molecule has 2 saturated carbocycles. The summed E-state index contributed by atoms with van der Waals surface area (Å²) in [5.74, 6) is 2.86. The molecule has 180 valence electrons. The molecular formula is C29H37F3O. The fourth-order valence-electron chi connectivity index (χ4n) is 6.25. The van der Waals surface area contributed by atoms with Gasteiger partial charge in [-0.15, -0.1) is 0 Å². The van der Waals surface area contributed by atoms with Gasteiger partial charge in [-0.2, -0.15) is 8.78 Å². The Labute approximate surface area is 196 Å². The Morgan fingerprint density at radius 1 is 0.879 bits per heavy atom. The first-order chi connectivity index (χ1) is 16.0. The summed E-state index contributed by atoms with van der Waals surface area (Å²) in [6.07, 6.45) is 14.6. The maximum absolute atomic E-state index is 15.0. The molecule has 0 amide bonds. The summed E-state index contributed by atoms with van der Waals surface area (Å²) in [5.41, 5.74) is 2.27. The minimum atomic E-state index is -2.86. The maximum atomic E-state index is 15.0. The molecular weight excluding hydrogens is 421 g/mol. The van der Waals surface area contributed by atoms with E-state index in [4.69, 9.17) is 0 Å². The zero-order chi connectivity index (χ0) is 23.2. The molecule has 0 saturated heterocycles. The molecule has 4 rings (SSSR count). The molecule has 2 aromatic rings. The number of halogens is 3. The topological polar surface area (TPSA) is 9.23 Å². The van der Waals surface area contributed by atoms with Crippen LogP contribution < -0.4 is 4.74 Å². The number of hydrogen-bond acceptors (Lipinski definition) is 1. The zero-order valence-corrected chi connectivity index (χ0v) is 19.7. The van der Waals surface area contributed by atoms with Gasteiger partial charge in [0.15, 0.2) is 0 Å². The zero-order valence-electron chi connectivity index (χ0n) is 19.7. The highest BCUT2D eigenvalue weighted by molar-refractivity contribution is 5.65. The van der Waals surface area contributed by atoms with Crippen molar-refractivity contribution in [2.75, 3.05) is 0 Å². The van der Waals surface area contributed by atoms with Gasteiger partial charge in [0.2, 0.25) is 0 Å². The molecule has 0 bridgehead atoms. The lowest BCUT2D eigenvalue weighted by molar-refractivity contribution is -0.0498. The van der Waals surface area contributed by atoms with E-state index in [1.165, 1.54) is 76.3 Å². The second-order valence-electron chi connectivity index (χ2n) is 10.2. The molecule has 33 heavy (non-hydrogen) atoms. The van der Waals surface area contributed by atoms with Gasteiger partial charge in [0.25, 0.3) is 0 Å². The number of alkyl halides is 2. The summed E-state index contributed by atoms with van der Waals surface area (Å²) in [5, 5.41) is 0. The highest BCUT2D eigenvalue weighted by Gasteiger charge is 2.35. The molecule has 0 aliphatic heterocycles. The predicted molar refractivity (Wildman–Crippen MR) is 128 cm³/mol. The Kier molecular flexibility index (Phi) is 8.38. The van der Waals surface area contributed by atoms with Crippen LogP contribution in [0.1, 0.15) is 89.0 Å². The van der Waals surface area contributed by atoms with Crippen LogP contribution in [0.25, 0.3) is 11.1 Å². The van der Waals surface area contributed by atoms with Crippen molar-refractivity contribution in [1.29, 1.82) is 0 Å². The molecule has 2 aliphatic carbocycles. The SMILES string of the molecule is CCCCCCC1CC[C@@H]2C[C@H](c3ccc(-c4ccc(OC(F)F)cc4)c(F)c3)CC[C@@H]2C1. The van der Waals surface area contributed by atoms with E-state index in [2.05, 4.69) is 17.7 Å². The van der Waals surface area contributed by atoms with E-state index >= 15 is 4.39 Å². The molecule has 1 unspecified atom stereocenters. The highest BCUT2D eigenvalue weighted by Crippen LogP contribution is 2.48. The Morgan fingerprint density at radius 3 is 2.36 bits per heavy atom. The van der Waals surface area contributed by atoms with Gasteiger partial charge in [0.05, 0.1) is 0 Å². The molecule has 0 aromatic heterocycles. The van der Waals surface area contributed by atoms with E-state index in [1.807, 2.05) is 6.07 Å². The van der Waals surface area contributed by atoms with Crippen molar-refractivity contribution in [3.05, 3.63) is 53.8 Å². The molecule has 2 aliphatic rings. The van der Waals surface area contributed by atoms with E-state index in [1.54, 1.807) is 18.2 Å². The summed E-state index contributed by atoms with van der Waals surface area (Å²) in [7, 11) is 0. The van der Waals surface area contributed by atoms with Crippen LogP contribution in [0.4, 0.5) is 13.2 Å². The molecule has 2 aromatic carbocycles. The van der Waals surface area contributed by atoms with Crippen molar-refractivity contribution in [2.24, 2.45) is 17.8 Å². The maximum Gasteiger partial charge on any atom is 0.387 e. The van der Waals surface area contributed by atoms with Crippen LogP contribution in [0.5, 0.6) is 5.75 Å². The van der Waals surface area contributed by atoms with E-state index in [-0.39, 0.29) is 11.6 Å². The molecule has 0 heterocycles. The normalized spacial score (nSPS) is 25.1.